The summed E-state index contributed by atoms with van der Waals surface area (Å²) in [5.74, 6) is -5.05. The minimum atomic E-state index is -5.90. The lowest BCUT2D eigenvalue weighted by atomic mass is 9.78. The van der Waals surface area contributed by atoms with Gasteiger partial charge in [-0.2, -0.15) is 31.6 Å². The lowest BCUT2D eigenvalue weighted by Gasteiger charge is -2.22. The zero-order valence-corrected chi connectivity index (χ0v) is 19.9. The first kappa shape index (κ1) is 28.6. The molecule has 0 radical (unpaired) electrons. The molecule has 2 aromatic carbocycles. The number of hydrogen-bond donors (Lipinski definition) is 1. The van der Waals surface area contributed by atoms with Crippen LogP contribution in [0.15, 0.2) is 66.7 Å². The normalized spacial score (nSPS) is 21.5. The van der Waals surface area contributed by atoms with E-state index in [4.69, 9.17) is 4.74 Å². The van der Waals surface area contributed by atoms with Gasteiger partial charge in [-0.1, -0.05) is 50.3 Å². The fourth-order valence-electron chi connectivity index (χ4n) is 4.78. The number of alkyl halides is 6. The number of carbonyl (C=O) groups excluding carboxylic acids is 1. The smallest absolute Gasteiger partial charge is 0.434 e. The average Bonchev–Trinajstić information content (AvgIpc) is 3.31. The largest absolute Gasteiger partial charge is 0.481 e. The van der Waals surface area contributed by atoms with Gasteiger partial charge in [0.2, 0.25) is 0 Å². The van der Waals surface area contributed by atoms with Crippen LogP contribution in [0.4, 0.5) is 26.3 Å². The fourth-order valence-corrected chi connectivity index (χ4v) is 4.78. The zero-order valence-electron chi connectivity index (χ0n) is 19.9. The van der Waals surface area contributed by atoms with Gasteiger partial charge in [0.05, 0.1) is 12.0 Å². The molecule has 1 N–H and O–H groups in total. The van der Waals surface area contributed by atoms with Crippen LogP contribution in [0.3, 0.4) is 0 Å². The molecule has 1 saturated carbocycles. The van der Waals surface area contributed by atoms with E-state index in [0.29, 0.717) is 17.6 Å². The Morgan fingerprint density at radius 2 is 1.58 bits per heavy atom. The van der Waals surface area contributed by atoms with Crippen molar-refractivity contribution in [2.45, 2.75) is 38.2 Å². The summed E-state index contributed by atoms with van der Waals surface area (Å²) in [5, 5.41) is 20.2. The van der Waals surface area contributed by atoms with Crippen LogP contribution in [-0.2, 0) is 14.3 Å². The monoisotopic (exact) mass is 541 g/mol. The van der Waals surface area contributed by atoms with Gasteiger partial charge >= 0.3 is 24.3 Å². The van der Waals surface area contributed by atoms with Crippen LogP contribution >= 0.6 is 0 Å². The molecule has 3 rings (SSSR count). The number of hydrogen-bond acceptors (Lipinski definition) is 5. The van der Waals surface area contributed by atoms with Gasteiger partial charge < -0.3 is 14.6 Å². The second kappa shape index (κ2) is 10.0. The van der Waals surface area contributed by atoms with Crippen LogP contribution in [-0.4, -0.2) is 35.5 Å². The van der Waals surface area contributed by atoms with Crippen molar-refractivity contribution in [1.82, 2.24) is 0 Å². The topological polar surface area (TPSA) is 96.6 Å². The summed E-state index contributed by atoms with van der Waals surface area (Å²) in [6, 6.07) is 16.6. The Morgan fingerprint density at radius 3 is 2.11 bits per heavy atom. The summed E-state index contributed by atoms with van der Waals surface area (Å²) >= 11 is 0. The highest BCUT2D eigenvalue weighted by Crippen LogP contribution is 2.75. The van der Waals surface area contributed by atoms with Crippen molar-refractivity contribution in [3.63, 3.8) is 0 Å². The number of nitrogens with zero attached hydrogens (tertiary/aromatic N) is 1. The molecule has 202 valence electrons. The van der Waals surface area contributed by atoms with Gasteiger partial charge in [-0.15, -0.1) is 0 Å². The first-order chi connectivity index (χ1) is 17.6. The highest BCUT2D eigenvalue weighted by Gasteiger charge is 2.78. The molecule has 3 atom stereocenters. The third kappa shape index (κ3) is 5.32. The Hall–Kier alpha value is -4.01. The molecule has 12 heteroatoms. The van der Waals surface area contributed by atoms with Crippen molar-refractivity contribution < 1.29 is 50.5 Å². The van der Waals surface area contributed by atoms with Gasteiger partial charge in [0, 0.05) is 12.0 Å². The van der Waals surface area contributed by atoms with E-state index >= 15 is 0 Å². The maximum Gasteiger partial charge on any atom is 0.434 e. The number of carbonyl (C=O) groups is 2. The van der Waals surface area contributed by atoms with Crippen LogP contribution in [0, 0.1) is 28.1 Å². The van der Waals surface area contributed by atoms with Crippen molar-refractivity contribution in [1.29, 1.82) is 5.26 Å². The number of allylic oxidation sites excluding steroid dienone is 1. The number of aliphatic carboxylic acids is 1. The van der Waals surface area contributed by atoms with E-state index in [2.05, 4.69) is 4.74 Å². The predicted octanol–water partition coefficient (Wildman–Crippen LogP) is 6.41. The highest BCUT2D eigenvalue weighted by atomic mass is 19.4. The van der Waals surface area contributed by atoms with E-state index < -0.39 is 53.1 Å². The lowest BCUT2D eigenvalue weighted by molar-refractivity contribution is -0.312. The van der Waals surface area contributed by atoms with Gasteiger partial charge in [-0.25, -0.2) is 4.79 Å². The first-order valence-corrected chi connectivity index (χ1v) is 11.0. The molecule has 2 aromatic rings. The number of carboxylic acid groups (broad SMARTS) is 1. The van der Waals surface area contributed by atoms with Crippen molar-refractivity contribution in [2.75, 3.05) is 0 Å². The highest BCUT2D eigenvalue weighted by molar-refractivity contribution is 5.86. The summed E-state index contributed by atoms with van der Waals surface area (Å²) in [5.41, 5.74) is -2.83. The number of para-hydroxylation sites is 1. The summed E-state index contributed by atoms with van der Waals surface area (Å²) in [7, 11) is 0. The van der Waals surface area contributed by atoms with E-state index in [1.165, 1.54) is 26.0 Å². The zero-order chi connectivity index (χ0) is 28.5. The quantitative estimate of drug-likeness (QED) is 0.236. The van der Waals surface area contributed by atoms with Gasteiger partial charge in [-0.05, 0) is 35.2 Å². The van der Waals surface area contributed by atoms with Crippen molar-refractivity contribution in [2.24, 2.45) is 16.7 Å². The SMILES string of the molecule is CC1(C)[C@H](/C=C\C(=O)OC(C(F)(F)F)C(F)(F)F)[C@@]1(C(=O)O)C(C#N)c1cccc(Oc2ccccc2)c1. The Bertz CT molecular complexity index is 1250. The maximum absolute atomic E-state index is 12.7. The van der Waals surface area contributed by atoms with E-state index in [0.717, 1.165) is 6.08 Å². The van der Waals surface area contributed by atoms with Gasteiger partial charge in [0.1, 0.15) is 16.9 Å². The lowest BCUT2D eigenvalue weighted by Crippen LogP contribution is -2.45. The van der Waals surface area contributed by atoms with Crippen LogP contribution < -0.4 is 4.74 Å². The summed E-state index contributed by atoms with van der Waals surface area (Å²) in [4.78, 5) is 24.4. The molecule has 0 amide bonds. The second-order valence-electron chi connectivity index (χ2n) is 9.18. The molecule has 0 heterocycles. The fraction of sp³-hybridized carbons (Fsp3) is 0.346. The van der Waals surface area contributed by atoms with E-state index in [-0.39, 0.29) is 5.56 Å². The molecular weight excluding hydrogens is 520 g/mol. The number of carboxylic acids is 1. The van der Waals surface area contributed by atoms with E-state index in [1.54, 1.807) is 42.5 Å². The average molecular weight is 541 g/mol. The summed E-state index contributed by atoms with van der Waals surface area (Å²) < 4.78 is 85.6. The number of esters is 1. The van der Waals surface area contributed by atoms with Crippen LogP contribution in [0.2, 0.25) is 0 Å². The first-order valence-electron chi connectivity index (χ1n) is 11.0. The Morgan fingerprint density at radius 1 is 1.00 bits per heavy atom. The minimum Gasteiger partial charge on any atom is -0.481 e. The molecule has 0 bridgehead atoms. The predicted molar refractivity (Wildman–Crippen MR) is 120 cm³/mol. The number of rotatable bonds is 8. The molecular formula is C26H21F6NO5. The molecule has 1 aliphatic rings. The standard InChI is InChI=1S/C26H21F6NO5/c1-23(2)19(11-12-20(34)38-21(25(27,28)29)26(30,31)32)24(23,22(35)36)18(14-33)15-7-6-10-17(13-15)37-16-8-4-3-5-9-16/h3-13,18-19,21H,1-2H3,(H,35,36)/b12-11-/t18?,19-,24+/m0/s1. The second-order valence-corrected chi connectivity index (χ2v) is 9.18. The Balaban J connectivity index is 1.90. The van der Waals surface area contributed by atoms with Crippen molar-refractivity contribution >= 4 is 11.9 Å². The molecule has 0 spiro atoms. The third-order valence-corrected chi connectivity index (χ3v) is 6.61. The summed E-state index contributed by atoms with van der Waals surface area (Å²) in [6.07, 6.45) is -14.9. The third-order valence-electron chi connectivity index (χ3n) is 6.61. The van der Waals surface area contributed by atoms with E-state index in [9.17, 15) is 46.3 Å². The minimum absolute atomic E-state index is 0.254. The Kier molecular flexibility index (Phi) is 7.55. The van der Waals surface area contributed by atoms with Gasteiger partial charge in [-0.3, -0.25) is 4.79 Å². The number of nitriles is 1. The molecule has 0 aromatic heterocycles. The van der Waals surface area contributed by atoms with Gasteiger partial charge in [0.25, 0.3) is 6.10 Å². The number of ether oxygens (including phenoxy) is 2. The van der Waals surface area contributed by atoms with Crippen LogP contribution in [0.5, 0.6) is 11.5 Å². The maximum atomic E-state index is 12.7. The molecule has 6 nitrogen and oxygen atoms in total. The Labute approximate surface area is 213 Å². The van der Waals surface area contributed by atoms with E-state index in [1.807, 2.05) is 6.07 Å². The molecule has 1 aliphatic carbocycles. The molecule has 0 saturated heterocycles. The van der Waals surface area contributed by atoms with Crippen LogP contribution in [0.25, 0.3) is 0 Å². The number of benzene rings is 2. The number of halogens is 6. The molecule has 38 heavy (non-hydrogen) atoms. The molecule has 1 unspecified atom stereocenters. The molecule has 1 fully saturated rings. The molecule has 0 aliphatic heterocycles. The van der Waals surface area contributed by atoms with Crippen molar-refractivity contribution in [3.05, 3.63) is 72.3 Å². The van der Waals surface area contributed by atoms with Gasteiger partial charge in [0.15, 0.2) is 0 Å². The van der Waals surface area contributed by atoms with Crippen LogP contribution in [0.1, 0.15) is 25.3 Å². The van der Waals surface area contributed by atoms with Crippen molar-refractivity contribution in [3.8, 4) is 17.6 Å². The summed E-state index contributed by atoms with van der Waals surface area (Å²) in [6.45, 7) is 2.93.